The molecular formula is C25H24Cl2N4O3. The number of rotatable bonds is 8. The van der Waals surface area contributed by atoms with Crippen molar-refractivity contribution in [2.45, 2.75) is 19.4 Å². The molecule has 0 bridgehead atoms. The molecule has 176 valence electrons. The van der Waals surface area contributed by atoms with Gasteiger partial charge in [0.2, 0.25) is 11.8 Å². The van der Waals surface area contributed by atoms with Crippen molar-refractivity contribution < 1.29 is 14.3 Å². The number of anilines is 1. The minimum Gasteiger partial charge on any atom is -0.435 e. The Hall–Kier alpha value is -3.29. The van der Waals surface area contributed by atoms with E-state index in [2.05, 4.69) is 15.6 Å². The van der Waals surface area contributed by atoms with Crippen molar-refractivity contribution in [1.29, 1.82) is 0 Å². The molecule has 2 heterocycles. The third-order valence-electron chi connectivity index (χ3n) is 5.39. The first kappa shape index (κ1) is 23.9. The van der Waals surface area contributed by atoms with Gasteiger partial charge in [-0.3, -0.25) is 9.59 Å². The van der Waals surface area contributed by atoms with Gasteiger partial charge in [0.25, 0.3) is 5.91 Å². The van der Waals surface area contributed by atoms with Crippen LogP contribution in [-0.4, -0.2) is 41.3 Å². The van der Waals surface area contributed by atoms with Gasteiger partial charge in [0.15, 0.2) is 5.75 Å². The highest BCUT2D eigenvalue weighted by atomic mass is 35.5. The Balaban J connectivity index is 1.28. The van der Waals surface area contributed by atoms with Crippen molar-refractivity contribution in [2.24, 2.45) is 0 Å². The van der Waals surface area contributed by atoms with Crippen LogP contribution in [0, 0.1) is 0 Å². The van der Waals surface area contributed by atoms with Gasteiger partial charge in [-0.25, -0.2) is 4.98 Å². The van der Waals surface area contributed by atoms with E-state index in [0.29, 0.717) is 28.6 Å². The Morgan fingerprint density at radius 1 is 1.03 bits per heavy atom. The molecule has 1 aromatic heterocycles. The zero-order chi connectivity index (χ0) is 23.9. The van der Waals surface area contributed by atoms with Gasteiger partial charge in [-0.15, -0.1) is 0 Å². The number of aromatic nitrogens is 1. The van der Waals surface area contributed by atoms with E-state index in [1.165, 1.54) is 6.20 Å². The summed E-state index contributed by atoms with van der Waals surface area (Å²) >= 11 is 12.0. The number of carbonyl (C=O) groups excluding carboxylic acids is 2. The van der Waals surface area contributed by atoms with Gasteiger partial charge in [0, 0.05) is 31.4 Å². The lowest BCUT2D eigenvalue weighted by Gasteiger charge is -2.15. The fourth-order valence-electron chi connectivity index (χ4n) is 3.59. The Morgan fingerprint density at radius 3 is 2.50 bits per heavy atom. The van der Waals surface area contributed by atoms with Gasteiger partial charge < -0.3 is 20.3 Å². The number of nitrogens with zero attached hydrogens (tertiary/aromatic N) is 2. The minimum absolute atomic E-state index is 0.0493. The van der Waals surface area contributed by atoms with Gasteiger partial charge in [-0.1, -0.05) is 47.5 Å². The number of ether oxygens (including phenoxy) is 1. The van der Waals surface area contributed by atoms with Gasteiger partial charge in [-0.05, 0) is 48.7 Å². The van der Waals surface area contributed by atoms with Crippen LogP contribution in [0.5, 0.6) is 11.6 Å². The monoisotopic (exact) mass is 498 g/mol. The molecule has 3 aromatic rings. The molecule has 1 saturated heterocycles. The number of carbonyl (C=O) groups is 2. The van der Waals surface area contributed by atoms with Crippen molar-refractivity contribution in [3.05, 3.63) is 82.0 Å². The second-order valence-electron chi connectivity index (χ2n) is 7.87. The lowest BCUT2D eigenvalue weighted by molar-refractivity contribution is -0.119. The van der Waals surface area contributed by atoms with Gasteiger partial charge >= 0.3 is 0 Å². The molecule has 0 unspecified atom stereocenters. The highest BCUT2D eigenvalue weighted by molar-refractivity contribution is 6.35. The quantitative estimate of drug-likeness (QED) is 0.448. The third-order valence-corrected chi connectivity index (χ3v) is 5.87. The van der Waals surface area contributed by atoms with E-state index in [9.17, 15) is 9.59 Å². The molecule has 2 N–H and O–H groups in total. The van der Waals surface area contributed by atoms with Crippen LogP contribution < -0.4 is 15.4 Å². The summed E-state index contributed by atoms with van der Waals surface area (Å²) in [6.45, 7) is 2.05. The first-order valence-electron chi connectivity index (χ1n) is 11.0. The fraction of sp³-hybridized carbons (Fsp3) is 0.240. The van der Waals surface area contributed by atoms with E-state index in [1.54, 1.807) is 18.2 Å². The Morgan fingerprint density at radius 2 is 1.76 bits per heavy atom. The molecule has 4 rings (SSSR count). The lowest BCUT2D eigenvalue weighted by Crippen LogP contribution is -2.29. The van der Waals surface area contributed by atoms with E-state index in [1.807, 2.05) is 41.3 Å². The summed E-state index contributed by atoms with van der Waals surface area (Å²) < 4.78 is 5.80. The molecule has 0 aliphatic carbocycles. The average molecular weight is 499 g/mol. The molecule has 34 heavy (non-hydrogen) atoms. The van der Waals surface area contributed by atoms with Crippen LogP contribution in [0.4, 0.5) is 5.69 Å². The predicted molar refractivity (Wildman–Crippen MR) is 133 cm³/mol. The Bertz CT molecular complexity index is 1170. The van der Waals surface area contributed by atoms with Crippen LogP contribution in [0.25, 0.3) is 0 Å². The van der Waals surface area contributed by atoms with Crippen LogP contribution in [0.15, 0.2) is 60.8 Å². The number of pyridine rings is 1. The summed E-state index contributed by atoms with van der Waals surface area (Å²) in [6, 6.07) is 16.1. The summed E-state index contributed by atoms with van der Waals surface area (Å²) in [7, 11) is 0. The topological polar surface area (TPSA) is 83.6 Å². The van der Waals surface area contributed by atoms with Gasteiger partial charge in [-0.2, -0.15) is 0 Å². The summed E-state index contributed by atoms with van der Waals surface area (Å²) in [5.74, 6) is 0.574. The maximum absolute atomic E-state index is 12.4. The molecule has 7 nitrogen and oxygen atoms in total. The standard InChI is InChI=1S/C25H24Cl2N4O3/c26-19-13-20(27)24(30-15-19)34-22-6-2-1-5-21(22)28-16-23(32)29-14-17-7-9-18(10-8-17)25(33)31-11-3-4-12-31/h1-2,5-10,13,15,28H,3-4,11-12,14,16H2,(H,29,32). The summed E-state index contributed by atoms with van der Waals surface area (Å²) in [5.41, 5.74) is 2.21. The Labute approximate surface area is 208 Å². The number of hydrogen-bond donors (Lipinski definition) is 2. The maximum atomic E-state index is 12.4. The molecule has 2 aromatic carbocycles. The zero-order valence-electron chi connectivity index (χ0n) is 18.4. The van der Waals surface area contributed by atoms with Crippen LogP contribution in [0.2, 0.25) is 10.0 Å². The fourth-order valence-corrected chi connectivity index (χ4v) is 4.01. The van der Waals surface area contributed by atoms with Crippen LogP contribution >= 0.6 is 23.2 Å². The minimum atomic E-state index is -0.185. The first-order chi connectivity index (χ1) is 16.5. The van der Waals surface area contributed by atoms with E-state index < -0.39 is 0 Å². The number of likely N-dealkylation sites (tertiary alicyclic amines) is 1. The number of nitrogens with one attached hydrogen (secondary N) is 2. The van der Waals surface area contributed by atoms with Crippen molar-refractivity contribution >= 4 is 40.7 Å². The van der Waals surface area contributed by atoms with Crippen molar-refractivity contribution in [3.8, 4) is 11.6 Å². The van der Waals surface area contributed by atoms with E-state index in [-0.39, 0.29) is 29.3 Å². The molecule has 9 heteroatoms. The number of amides is 2. The lowest BCUT2D eigenvalue weighted by atomic mass is 10.1. The Kier molecular flexibility index (Phi) is 7.87. The molecule has 0 radical (unpaired) electrons. The zero-order valence-corrected chi connectivity index (χ0v) is 19.9. The number of benzene rings is 2. The average Bonchev–Trinajstić information content (AvgIpc) is 3.39. The van der Waals surface area contributed by atoms with E-state index in [4.69, 9.17) is 27.9 Å². The van der Waals surface area contributed by atoms with Crippen LogP contribution in [0.1, 0.15) is 28.8 Å². The predicted octanol–water partition coefficient (Wildman–Crippen LogP) is 5.15. The summed E-state index contributed by atoms with van der Waals surface area (Å²) in [6.07, 6.45) is 3.57. The number of hydrogen-bond acceptors (Lipinski definition) is 5. The maximum Gasteiger partial charge on any atom is 0.253 e. The van der Waals surface area contributed by atoms with E-state index >= 15 is 0 Å². The summed E-state index contributed by atoms with van der Waals surface area (Å²) in [4.78, 5) is 30.8. The molecule has 1 aliphatic heterocycles. The van der Waals surface area contributed by atoms with Crippen molar-refractivity contribution in [3.63, 3.8) is 0 Å². The molecular weight excluding hydrogens is 475 g/mol. The van der Waals surface area contributed by atoms with Gasteiger partial charge in [0.05, 0.1) is 17.3 Å². The molecule has 2 amide bonds. The van der Waals surface area contributed by atoms with Crippen molar-refractivity contribution in [1.82, 2.24) is 15.2 Å². The molecule has 0 atom stereocenters. The van der Waals surface area contributed by atoms with Crippen molar-refractivity contribution in [2.75, 3.05) is 25.0 Å². The molecule has 0 saturated carbocycles. The van der Waals surface area contributed by atoms with Crippen LogP contribution in [0.3, 0.4) is 0 Å². The first-order valence-corrected chi connectivity index (χ1v) is 11.7. The molecule has 1 fully saturated rings. The highest BCUT2D eigenvalue weighted by Crippen LogP contribution is 2.33. The molecule has 0 spiro atoms. The largest absolute Gasteiger partial charge is 0.435 e. The highest BCUT2D eigenvalue weighted by Gasteiger charge is 2.19. The smallest absolute Gasteiger partial charge is 0.253 e. The van der Waals surface area contributed by atoms with Crippen LogP contribution in [-0.2, 0) is 11.3 Å². The second kappa shape index (κ2) is 11.2. The second-order valence-corrected chi connectivity index (χ2v) is 8.71. The number of halogens is 2. The van der Waals surface area contributed by atoms with Gasteiger partial charge in [0.1, 0.15) is 5.02 Å². The third kappa shape index (κ3) is 6.18. The number of para-hydroxylation sites is 2. The SMILES string of the molecule is O=C(CNc1ccccc1Oc1ncc(Cl)cc1Cl)NCc1ccc(C(=O)N2CCCC2)cc1. The molecule has 1 aliphatic rings. The van der Waals surface area contributed by atoms with E-state index in [0.717, 1.165) is 31.5 Å². The summed E-state index contributed by atoms with van der Waals surface area (Å²) in [5, 5.41) is 6.64. The normalized spacial score (nSPS) is 12.9.